The van der Waals surface area contributed by atoms with Crippen molar-refractivity contribution in [3.8, 4) is 0 Å². The van der Waals surface area contributed by atoms with E-state index in [1.165, 1.54) is 23.5 Å². The smallest absolute Gasteiger partial charge is 0.273 e. The van der Waals surface area contributed by atoms with E-state index >= 15 is 0 Å². The predicted molar refractivity (Wildman–Crippen MR) is 126 cm³/mol. The Morgan fingerprint density at radius 2 is 1.94 bits per heavy atom. The highest BCUT2D eigenvalue weighted by molar-refractivity contribution is 7.16. The van der Waals surface area contributed by atoms with Gasteiger partial charge in [-0.25, -0.2) is 4.98 Å². The second-order valence-electron chi connectivity index (χ2n) is 8.11. The Labute approximate surface area is 194 Å². The van der Waals surface area contributed by atoms with Gasteiger partial charge < -0.3 is 0 Å². The molecule has 0 aliphatic carbocycles. The molecule has 0 bridgehead atoms. The van der Waals surface area contributed by atoms with E-state index in [1.54, 1.807) is 25.1 Å². The van der Waals surface area contributed by atoms with Crippen LogP contribution in [0.15, 0.2) is 36.4 Å². The van der Waals surface area contributed by atoms with Crippen molar-refractivity contribution in [1.29, 1.82) is 0 Å². The van der Waals surface area contributed by atoms with Gasteiger partial charge in [0.05, 0.1) is 10.6 Å². The van der Waals surface area contributed by atoms with E-state index in [9.17, 15) is 14.9 Å². The number of nitro benzene ring substituents is 1. The first-order valence-corrected chi connectivity index (χ1v) is 11.0. The van der Waals surface area contributed by atoms with Gasteiger partial charge in [0.1, 0.15) is 0 Å². The first-order valence-electron chi connectivity index (χ1n) is 9.47. The zero-order valence-corrected chi connectivity index (χ0v) is 19.8. The normalized spacial score (nSPS) is 11.4. The second-order valence-corrected chi connectivity index (χ2v) is 10.0. The van der Waals surface area contributed by atoms with Crippen LogP contribution in [0, 0.1) is 17.0 Å². The van der Waals surface area contributed by atoms with Crippen LogP contribution in [0.1, 0.15) is 52.8 Å². The maximum absolute atomic E-state index is 12.8. The summed E-state index contributed by atoms with van der Waals surface area (Å²) in [5.74, 6) is -0.438. The summed E-state index contributed by atoms with van der Waals surface area (Å²) in [4.78, 5) is 29.1. The number of carbonyl (C=O) groups excluding carboxylic acids is 1. The third kappa shape index (κ3) is 5.23. The van der Waals surface area contributed by atoms with Crippen LogP contribution in [-0.4, -0.2) is 15.8 Å². The lowest BCUT2D eigenvalue weighted by Crippen LogP contribution is -2.16. The Morgan fingerprint density at radius 1 is 1.23 bits per heavy atom. The third-order valence-electron chi connectivity index (χ3n) is 4.74. The summed E-state index contributed by atoms with van der Waals surface area (Å²) in [6, 6.07) is 9.79. The topological polar surface area (TPSA) is 85.1 Å². The molecule has 1 amide bonds. The van der Waals surface area contributed by atoms with E-state index in [2.05, 4.69) is 10.3 Å². The molecule has 0 aliphatic heterocycles. The van der Waals surface area contributed by atoms with Gasteiger partial charge in [-0.1, -0.05) is 56.1 Å². The number of rotatable bonds is 5. The average Bonchev–Trinajstić information content (AvgIpc) is 3.06. The van der Waals surface area contributed by atoms with Crippen molar-refractivity contribution in [2.45, 2.75) is 39.5 Å². The molecule has 0 fully saturated rings. The van der Waals surface area contributed by atoms with Gasteiger partial charge in [0.15, 0.2) is 5.13 Å². The summed E-state index contributed by atoms with van der Waals surface area (Å²) in [6.07, 6.45) is 0.548. The van der Waals surface area contributed by atoms with E-state index in [0.29, 0.717) is 27.2 Å². The number of nitrogens with one attached hydrogen (secondary N) is 1. The van der Waals surface area contributed by atoms with Crippen LogP contribution in [0.25, 0.3) is 0 Å². The molecule has 6 nitrogen and oxygen atoms in total. The van der Waals surface area contributed by atoms with Crippen molar-refractivity contribution in [1.82, 2.24) is 4.98 Å². The van der Waals surface area contributed by atoms with E-state index in [4.69, 9.17) is 23.2 Å². The predicted octanol–water partition coefficient (Wildman–Crippen LogP) is 6.81. The molecule has 1 heterocycles. The molecular formula is C22H21Cl2N3O3S. The van der Waals surface area contributed by atoms with Gasteiger partial charge >= 0.3 is 0 Å². The van der Waals surface area contributed by atoms with Crippen LogP contribution >= 0.6 is 34.5 Å². The molecule has 0 unspecified atom stereocenters. The summed E-state index contributed by atoms with van der Waals surface area (Å²) < 4.78 is 0. The molecule has 3 rings (SSSR count). The lowest BCUT2D eigenvalue weighted by molar-refractivity contribution is -0.385. The minimum absolute atomic E-state index is 0.0970. The minimum Gasteiger partial charge on any atom is -0.298 e. The van der Waals surface area contributed by atoms with Gasteiger partial charge in [-0.15, -0.1) is 11.3 Å². The van der Waals surface area contributed by atoms with Gasteiger partial charge in [-0.2, -0.15) is 0 Å². The maximum atomic E-state index is 12.8. The maximum Gasteiger partial charge on any atom is 0.273 e. The Balaban J connectivity index is 1.93. The van der Waals surface area contributed by atoms with Gasteiger partial charge in [-0.3, -0.25) is 20.2 Å². The molecule has 3 aromatic rings. The van der Waals surface area contributed by atoms with Crippen LogP contribution in [0.4, 0.5) is 10.8 Å². The van der Waals surface area contributed by atoms with E-state index in [1.807, 2.05) is 26.8 Å². The standard InChI is InChI=1S/C22H21Cl2N3O3S/c1-12-15(6-5-7-17(12)27(29)30)20(28)26-21-25-19(22(2,3)4)18(31-21)10-13-8-9-14(23)11-16(13)24/h5-9,11H,10H2,1-4H3,(H,25,26,28). The molecule has 9 heteroatoms. The Kier molecular flexibility index (Phi) is 6.69. The van der Waals surface area contributed by atoms with Crippen molar-refractivity contribution in [3.05, 3.63) is 83.8 Å². The molecule has 162 valence electrons. The zero-order chi connectivity index (χ0) is 22.9. The highest BCUT2D eigenvalue weighted by atomic mass is 35.5. The molecule has 0 aliphatic rings. The number of anilines is 1. The van der Waals surface area contributed by atoms with E-state index < -0.39 is 10.8 Å². The number of nitro groups is 1. The van der Waals surface area contributed by atoms with Crippen LogP contribution in [0.3, 0.4) is 0 Å². The lowest BCUT2D eigenvalue weighted by Gasteiger charge is -2.17. The number of hydrogen-bond donors (Lipinski definition) is 1. The Bertz CT molecular complexity index is 1170. The van der Waals surface area contributed by atoms with Crippen molar-refractivity contribution in [2.24, 2.45) is 0 Å². The number of aromatic nitrogens is 1. The minimum atomic E-state index is -0.499. The zero-order valence-electron chi connectivity index (χ0n) is 17.5. The number of amides is 1. The fourth-order valence-electron chi connectivity index (χ4n) is 3.18. The van der Waals surface area contributed by atoms with Crippen molar-refractivity contribution in [2.75, 3.05) is 5.32 Å². The van der Waals surface area contributed by atoms with Gasteiger partial charge in [0.2, 0.25) is 0 Å². The number of carbonyl (C=O) groups is 1. The van der Waals surface area contributed by atoms with Gasteiger partial charge in [0, 0.05) is 44.0 Å². The number of benzene rings is 2. The molecule has 1 aromatic heterocycles. The molecule has 0 spiro atoms. The molecular weight excluding hydrogens is 457 g/mol. The first kappa shape index (κ1) is 23.2. The summed E-state index contributed by atoms with van der Waals surface area (Å²) in [5, 5.41) is 15.5. The molecule has 0 atom stereocenters. The van der Waals surface area contributed by atoms with Crippen LogP contribution in [-0.2, 0) is 11.8 Å². The lowest BCUT2D eigenvalue weighted by atomic mass is 9.90. The fraction of sp³-hybridized carbons (Fsp3) is 0.273. The van der Waals surface area contributed by atoms with Crippen LogP contribution < -0.4 is 5.32 Å². The molecule has 1 N–H and O–H groups in total. The quantitative estimate of drug-likeness (QED) is 0.323. The number of thiazole rings is 1. The molecule has 31 heavy (non-hydrogen) atoms. The average molecular weight is 478 g/mol. The first-order chi connectivity index (χ1) is 14.5. The van der Waals surface area contributed by atoms with Gasteiger partial charge in [-0.05, 0) is 30.7 Å². The number of nitrogens with zero attached hydrogens (tertiary/aromatic N) is 2. The summed E-state index contributed by atoms with van der Waals surface area (Å²) in [5.41, 5.74) is 1.96. The van der Waals surface area contributed by atoms with Crippen molar-refractivity contribution >= 4 is 51.3 Å². The third-order valence-corrected chi connectivity index (χ3v) is 6.30. The highest BCUT2D eigenvalue weighted by Gasteiger charge is 2.25. The largest absolute Gasteiger partial charge is 0.298 e. The van der Waals surface area contributed by atoms with E-state index in [0.717, 1.165) is 16.1 Å². The fourth-order valence-corrected chi connectivity index (χ4v) is 4.85. The van der Waals surface area contributed by atoms with E-state index in [-0.39, 0.29) is 16.7 Å². The number of halogens is 2. The molecule has 0 saturated heterocycles. The highest BCUT2D eigenvalue weighted by Crippen LogP contribution is 2.35. The second kappa shape index (κ2) is 8.94. The summed E-state index contributed by atoms with van der Waals surface area (Å²) >= 11 is 13.7. The number of hydrogen-bond acceptors (Lipinski definition) is 5. The monoisotopic (exact) mass is 477 g/mol. The summed E-state index contributed by atoms with van der Waals surface area (Å²) in [7, 11) is 0. The van der Waals surface area contributed by atoms with Crippen LogP contribution in [0.2, 0.25) is 10.0 Å². The Hall–Kier alpha value is -2.48. The molecule has 2 aromatic carbocycles. The van der Waals surface area contributed by atoms with Gasteiger partial charge in [0.25, 0.3) is 11.6 Å². The molecule has 0 radical (unpaired) electrons. The van der Waals surface area contributed by atoms with Crippen molar-refractivity contribution < 1.29 is 9.72 Å². The van der Waals surface area contributed by atoms with Crippen LogP contribution in [0.5, 0.6) is 0 Å². The Morgan fingerprint density at radius 3 is 2.55 bits per heavy atom. The van der Waals surface area contributed by atoms with Crippen molar-refractivity contribution in [3.63, 3.8) is 0 Å². The SMILES string of the molecule is Cc1c(C(=O)Nc2nc(C(C)(C)C)c(Cc3ccc(Cl)cc3Cl)s2)cccc1[N+](=O)[O-]. The molecule has 0 saturated carbocycles. The summed E-state index contributed by atoms with van der Waals surface area (Å²) in [6.45, 7) is 7.70.